The Bertz CT molecular complexity index is 308. The molecule has 1 aromatic heterocycles. The van der Waals surface area contributed by atoms with E-state index >= 15 is 0 Å². The molecule has 0 unspecified atom stereocenters. The Morgan fingerprint density at radius 2 is 1.00 bits per heavy atom. The summed E-state index contributed by atoms with van der Waals surface area (Å²) in [5.41, 5.74) is 1.79. The number of hydrogen-bond donors (Lipinski definition) is 0. The van der Waals surface area contributed by atoms with E-state index in [1.54, 1.807) is 23.0 Å². The summed E-state index contributed by atoms with van der Waals surface area (Å²) < 4.78 is 0. The van der Waals surface area contributed by atoms with Crippen LogP contribution < -0.4 is 20.4 Å². The summed E-state index contributed by atoms with van der Waals surface area (Å²) >= 11 is 1.60. The monoisotopic (exact) mass is 448 g/mol. The maximum atomic E-state index is 8.89. The van der Waals surface area contributed by atoms with Crippen molar-refractivity contribution in [2.45, 2.75) is 27.7 Å². The predicted octanol–water partition coefficient (Wildman–Crippen LogP) is -3.84. The van der Waals surface area contributed by atoms with Crippen LogP contribution in [0.4, 0.5) is 0 Å². The summed E-state index contributed by atoms with van der Waals surface area (Å²) in [6, 6.07) is 0. The van der Waals surface area contributed by atoms with E-state index in [0.717, 1.165) is 27.7 Å². The van der Waals surface area contributed by atoms with E-state index in [9.17, 15) is 0 Å². The molecule has 0 aromatic carbocycles. The van der Waals surface area contributed by atoms with Crippen LogP contribution in [0.1, 0.15) is 27.7 Å². The molecule has 0 saturated carbocycles. The number of rotatable bonds is 0. The second kappa shape index (κ2) is 32.6. The van der Waals surface area contributed by atoms with Crippen LogP contribution in [-0.4, -0.2) is 28.9 Å². The Kier molecular flexibility index (Phi) is 53.4. The van der Waals surface area contributed by atoms with Gasteiger partial charge in [0, 0.05) is 35.5 Å². The number of hydrogen-bond acceptors (Lipinski definition) is 10. The molecule has 0 aliphatic rings. The third-order valence-electron chi connectivity index (χ3n) is 0.347. The number of aliphatic carboxylic acids is 4. The zero-order valence-electron chi connectivity index (χ0n) is 12.9. The summed E-state index contributed by atoms with van der Waals surface area (Å²) in [5.74, 6) is -4.33. The molecule has 0 N–H and O–H groups in total. The van der Waals surface area contributed by atoms with Crippen LogP contribution in [0.5, 0.6) is 0 Å². The molecule has 9 nitrogen and oxygen atoms in total. The number of carboxylic acid groups (broad SMARTS) is 4. The summed E-state index contributed by atoms with van der Waals surface area (Å²) in [7, 11) is 0. The molecule has 0 bridgehead atoms. The quantitative estimate of drug-likeness (QED) is 0.359. The second-order valence-corrected chi connectivity index (χ2v) is 3.40. The van der Waals surface area contributed by atoms with Crippen LogP contribution in [0, 0.1) is 0 Å². The first-order chi connectivity index (χ1) is 9.43. The third kappa shape index (κ3) is 539. The Morgan fingerprint density at radius 1 is 0.783 bits per heavy atom. The summed E-state index contributed by atoms with van der Waals surface area (Å²) in [4.78, 5) is 39.3. The maximum absolute atomic E-state index is 8.89. The standard InChI is InChI=1S/C3H3NS.4C2H4O2.Cu.Zn/c1-2-5-3-4-1;4*1-2(3)4;;/h1-3H;4*1H3,(H,3,4);;/q;;;;;2*+2/p-4. The molecule has 131 valence electrons. The second-order valence-electron chi connectivity index (χ2n) is 2.64. The van der Waals surface area contributed by atoms with Gasteiger partial charge in [0.2, 0.25) is 0 Å². The number of aromatic nitrogens is 1. The van der Waals surface area contributed by atoms with E-state index in [4.69, 9.17) is 39.6 Å². The van der Waals surface area contributed by atoms with Crippen molar-refractivity contribution in [3.63, 3.8) is 0 Å². The van der Waals surface area contributed by atoms with Crippen molar-refractivity contribution in [3.05, 3.63) is 17.1 Å². The SMILES string of the molecule is CC(=O)[O-].CC(=O)[O-].CC(=O)[O-].CC(=O)[O-].[Cu+2].[Zn+2].c1cscn1. The third-order valence-corrected chi connectivity index (χ3v) is 0.869. The first-order valence-corrected chi connectivity index (χ1v) is 5.90. The fourth-order valence-corrected chi connectivity index (χ4v) is 0.527. The molecular formula is C11H15CuNO8SZn. The summed E-state index contributed by atoms with van der Waals surface area (Å²) in [6.45, 7) is 3.89. The van der Waals surface area contributed by atoms with Crippen LogP contribution in [0.3, 0.4) is 0 Å². The topological polar surface area (TPSA) is 173 Å². The predicted molar refractivity (Wildman–Crippen MR) is 64.8 cm³/mol. The van der Waals surface area contributed by atoms with Crippen LogP contribution in [0.25, 0.3) is 0 Å². The first kappa shape index (κ1) is 37.7. The van der Waals surface area contributed by atoms with Gasteiger partial charge in [-0.15, -0.1) is 11.3 Å². The minimum atomic E-state index is -1.08. The van der Waals surface area contributed by atoms with Gasteiger partial charge >= 0.3 is 36.5 Å². The number of carbonyl (C=O) groups excluding carboxylic acids is 4. The van der Waals surface area contributed by atoms with E-state index in [-0.39, 0.29) is 36.5 Å². The molecule has 0 aliphatic carbocycles. The molecule has 0 fully saturated rings. The first-order valence-electron chi connectivity index (χ1n) is 4.95. The number of thiazole rings is 1. The molecule has 1 radical (unpaired) electrons. The van der Waals surface area contributed by atoms with Gasteiger partial charge in [-0.2, -0.15) is 0 Å². The molecule has 0 saturated heterocycles. The summed E-state index contributed by atoms with van der Waals surface area (Å²) in [5, 5.41) is 37.5. The average molecular weight is 450 g/mol. The van der Waals surface area contributed by atoms with E-state index in [1.807, 2.05) is 5.38 Å². The van der Waals surface area contributed by atoms with Crippen molar-refractivity contribution in [1.29, 1.82) is 0 Å². The zero-order valence-corrected chi connectivity index (χ0v) is 17.6. The van der Waals surface area contributed by atoms with Gasteiger partial charge in [0.05, 0.1) is 5.51 Å². The average Bonchev–Trinajstić information content (AvgIpc) is 2.68. The molecule has 0 amide bonds. The molecule has 1 heterocycles. The van der Waals surface area contributed by atoms with Crippen LogP contribution in [0.2, 0.25) is 0 Å². The molecule has 1 aromatic rings. The minimum Gasteiger partial charge on any atom is -0.550 e. The van der Waals surface area contributed by atoms with Gasteiger partial charge in [0.15, 0.2) is 0 Å². The smallest absolute Gasteiger partial charge is 0.550 e. The largest absolute Gasteiger partial charge is 2.00 e. The number of carbonyl (C=O) groups is 4. The van der Waals surface area contributed by atoms with Gasteiger partial charge in [-0.05, 0) is 27.7 Å². The molecular weight excluding hydrogens is 435 g/mol. The minimum absolute atomic E-state index is 0. The molecule has 0 spiro atoms. The van der Waals surface area contributed by atoms with Crippen molar-refractivity contribution in [2.24, 2.45) is 0 Å². The molecule has 23 heavy (non-hydrogen) atoms. The number of carboxylic acids is 4. The summed E-state index contributed by atoms with van der Waals surface area (Å²) in [6.07, 6.45) is 1.77. The van der Waals surface area contributed by atoms with Gasteiger partial charge in [-0.25, -0.2) is 0 Å². The number of nitrogens with zero attached hydrogens (tertiary/aromatic N) is 1. The Morgan fingerprint density at radius 3 is 1.04 bits per heavy atom. The zero-order chi connectivity index (χ0) is 17.8. The molecule has 12 heteroatoms. The van der Waals surface area contributed by atoms with Gasteiger partial charge in [0.1, 0.15) is 0 Å². The van der Waals surface area contributed by atoms with Crippen molar-refractivity contribution < 1.29 is 76.2 Å². The van der Waals surface area contributed by atoms with Gasteiger partial charge < -0.3 is 39.6 Å². The van der Waals surface area contributed by atoms with Crippen molar-refractivity contribution in [1.82, 2.24) is 4.98 Å². The Hall–Kier alpha value is -1.35. The maximum Gasteiger partial charge on any atom is 2.00 e. The van der Waals surface area contributed by atoms with E-state index in [1.165, 1.54) is 0 Å². The van der Waals surface area contributed by atoms with Crippen molar-refractivity contribution >= 4 is 35.2 Å². The molecule has 1 rings (SSSR count). The Labute approximate surface area is 161 Å². The van der Waals surface area contributed by atoms with E-state index in [0.29, 0.717) is 0 Å². The van der Waals surface area contributed by atoms with Crippen LogP contribution in [0.15, 0.2) is 17.1 Å². The fourth-order valence-electron chi connectivity index (χ4n) is 0.176. The molecule has 0 aliphatic heterocycles. The fraction of sp³-hybridized carbons (Fsp3) is 0.364. The van der Waals surface area contributed by atoms with Crippen molar-refractivity contribution in [2.75, 3.05) is 0 Å². The van der Waals surface area contributed by atoms with E-state index < -0.39 is 23.9 Å². The van der Waals surface area contributed by atoms with E-state index in [2.05, 4.69) is 4.98 Å². The molecule has 0 atom stereocenters. The van der Waals surface area contributed by atoms with Crippen LogP contribution in [-0.2, 0) is 55.7 Å². The van der Waals surface area contributed by atoms with Gasteiger partial charge in [-0.3, -0.25) is 4.98 Å². The Balaban J connectivity index is -0.0000000386. The van der Waals surface area contributed by atoms with Gasteiger partial charge in [0.25, 0.3) is 0 Å². The van der Waals surface area contributed by atoms with Crippen LogP contribution >= 0.6 is 11.3 Å². The normalized spacial score (nSPS) is 6.09. The van der Waals surface area contributed by atoms with Gasteiger partial charge in [-0.1, -0.05) is 0 Å². The van der Waals surface area contributed by atoms with Crippen molar-refractivity contribution in [3.8, 4) is 0 Å².